The minimum absolute atomic E-state index is 0.0467. The van der Waals surface area contributed by atoms with Crippen molar-refractivity contribution in [1.29, 1.82) is 0 Å². The molecule has 1 amide bonds. The van der Waals surface area contributed by atoms with Gasteiger partial charge in [-0.3, -0.25) is 4.79 Å². The summed E-state index contributed by atoms with van der Waals surface area (Å²) in [5.41, 5.74) is 4.71. The fourth-order valence-electron chi connectivity index (χ4n) is 3.89. The molecular weight excluding hydrogens is 450 g/mol. The lowest BCUT2D eigenvalue weighted by Crippen LogP contribution is -2.47. The fraction of sp³-hybridized carbons (Fsp3) is 0.320. The fourth-order valence-corrected chi connectivity index (χ4v) is 5.13. The van der Waals surface area contributed by atoms with Gasteiger partial charge in [-0.05, 0) is 55.5 Å². The summed E-state index contributed by atoms with van der Waals surface area (Å²) in [6.07, 6.45) is 5.44. The number of nitrogens with one attached hydrogen (secondary N) is 1. The van der Waals surface area contributed by atoms with Crippen molar-refractivity contribution in [2.24, 2.45) is 0 Å². The quantitative estimate of drug-likeness (QED) is 0.485. The Morgan fingerprint density at radius 2 is 1.76 bits per heavy atom. The summed E-state index contributed by atoms with van der Waals surface area (Å²) in [4.78, 5) is 27.5. The standard InChI is InChI=1S/C25H29N5OS2/c1-18-7-8-19(2)22(15-18)29-11-13-30(14-12-29)24-25(27-10-9-26-24)33-17-23(31)28-20-5-4-6-21(16-20)32-3/h4-10,15-16H,11-14,17H2,1-3H3,(H,28,31). The van der Waals surface area contributed by atoms with Crippen molar-refractivity contribution in [3.63, 3.8) is 0 Å². The van der Waals surface area contributed by atoms with E-state index in [4.69, 9.17) is 0 Å². The van der Waals surface area contributed by atoms with Gasteiger partial charge in [0.2, 0.25) is 5.91 Å². The van der Waals surface area contributed by atoms with Gasteiger partial charge >= 0.3 is 0 Å². The molecule has 1 N–H and O–H groups in total. The summed E-state index contributed by atoms with van der Waals surface area (Å²) in [6, 6.07) is 14.5. The first kappa shape index (κ1) is 23.4. The molecule has 0 spiro atoms. The minimum atomic E-state index is -0.0467. The van der Waals surface area contributed by atoms with E-state index >= 15 is 0 Å². The molecule has 2 heterocycles. The Balaban J connectivity index is 1.37. The van der Waals surface area contributed by atoms with Crippen LogP contribution in [0.1, 0.15) is 11.1 Å². The summed E-state index contributed by atoms with van der Waals surface area (Å²) in [6.45, 7) is 7.90. The largest absolute Gasteiger partial charge is 0.368 e. The van der Waals surface area contributed by atoms with Crippen LogP contribution in [-0.4, -0.2) is 54.1 Å². The molecule has 0 saturated carbocycles. The first-order valence-electron chi connectivity index (χ1n) is 11.0. The first-order chi connectivity index (χ1) is 16.0. The van der Waals surface area contributed by atoms with Crippen LogP contribution in [0, 0.1) is 13.8 Å². The number of amides is 1. The van der Waals surface area contributed by atoms with E-state index in [1.165, 1.54) is 28.6 Å². The van der Waals surface area contributed by atoms with Crippen LogP contribution in [0.3, 0.4) is 0 Å². The van der Waals surface area contributed by atoms with Crippen molar-refractivity contribution < 1.29 is 4.79 Å². The predicted octanol–water partition coefficient (Wildman–Crippen LogP) is 4.87. The molecule has 1 aromatic heterocycles. The summed E-state index contributed by atoms with van der Waals surface area (Å²) >= 11 is 3.09. The lowest BCUT2D eigenvalue weighted by Gasteiger charge is -2.37. The first-order valence-corrected chi connectivity index (χ1v) is 13.2. The van der Waals surface area contributed by atoms with Crippen molar-refractivity contribution in [2.45, 2.75) is 23.8 Å². The van der Waals surface area contributed by atoms with E-state index in [1.54, 1.807) is 24.2 Å². The SMILES string of the molecule is CSc1cccc(NC(=O)CSc2nccnc2N2CCN(c3cc(C)ccc3C)CC2)c1. The highest BCUT2D eigenvalue weighted by Gasteiger charge is 2.22. The number of thioether (sulfide) groups is 2. The maximum atomic E-state index is 12.5. The van der Waals surface area contributed by atoms with Crippen molar-refractivity contribution >= 4 is 46.6 Å². The third-order valence-electron chi connectivity index (χ3n) is 5.62. The highest BCUT2D eigenvalue weighted by molar-refractivity contribution is 8.00. The van der Waals surface area contributed by atoms with Crippen molar-refractivity contribution in [2.75, 3.05) is 53.3 Å². The molecule has 8 heteroatoms. The van der Waals surface area contributed by atoms with Crippen LogP contribution >= 0.6 is 23.5 Å². The van der Waals surface area contributed by atoms with Crippen molar-refractivity contribution in [1.82, 2.24) is 9.97 Å². The summed E-state index contributed by atoms with van der Waals surface area (Å²) in [7, 11) is 0. The molecule has 0 bridgehead atoms. The van der Waals surface area contributed by atoms with E-state index in [0.29, 0.717) is 0 Å². The van der Waals surface area contributed by atoms with Crippen LogP contribution in [0.25, 0.3) is 0 Å². The Labute approximate surface area is 204 Å². The molecule has 3 aromatic rings. The normalized spacial score (nSPS) is 13.8. The Morgan fingerprint density at radius 1 is 1.00 bits per heavy atom. The smallest absolute Gasteiger partial charge is 0.234 e. The van der Waals surface area contributed by atoms with Gasteiger partial charge in [-0.2, -0.15) is 0 Å². The van der Waals surface area contributed by atoms with E-state index in [2.05, 4.69) is 57.1 Å². The second kappa shape index (κ2) is 10.9. The van der Waals surface area contributed by atoms with Crippen LogP contribution in [-0.2, 0) is 4.79 Å². The van der Waals surface area contributed by atoms with E-state index < -0.39 is 0 Å². The Hall–Kier alpha value is -2.71. The molecule has 0 unspecified atom stereocenters. The van der Waals surface area contributed by atoms with E-state index in [9.17, 15) is 4.79 Å². The third kappa shape index (κ3) is 6.00. The Bertz CT molecular complexity index is 1120. The van der Waals surface area contributed by atoms with Gasteiger partial charge in [0.15, 0.2) is 5.82 Å². The number of anilines is 3. The van der Waals surface area contributed by atoms with Gasteiger partial charge in [0.25, 0.3) is 0 Å². The molecule has 1 fully saturated rings. The molecule has 1 aliphatic heterocycles. The maximum Gasteiger partial charge on any atom is 0.234 e. The molecule has 2 aromatic carbocycles. The monoisotopic (exact) mass is 479 g/mol. The van der Waals surface area contributed by atoms with E-state index in [0.717, 1.165) is 47.6 Å². The molecule has 172 valence electrons. The van der Waals surface area contributed by atoms with Crippen molar-refractivity contribution in [3.8, 4) is 0 Å². The van der Waals surface area contributed by atoms with Gasteiger partial charge in [-0.15, -0.1) is 11.8 Å². The van der Waals surface area contributed by atoms with Gasteiger partial charge in [-0.1, -0.05) is 30.0 Å². The van der Waals surface area contributed by atoms with Gasteiger partial charge in [0.05, 0.1) is 5.75 Å². The molecule has 1 aliphatic rings. The third-order valence-corrected chi connectivity index (χ3v) is 7.32. The molecule has 6 nitrogen and oxygen atoms in total. The molecular formula is C25H29N5OS2. The summed E-state index contributed by atoms with van der Waals surface area (Å²) < 4.78 is 0. The number of nitrogens with zero attached hydrogens (tertiary/aromatic N) is 4. The van der Waals surface area contributed by atoms with Gasteiger partial charge in [-0.25, -0.2) is 9.97 Å². The summed E-state index contributed by atoms with van der Waals surface area (Å²) in [5.74, 6) is 1.10. The molecule has 4 rings (SSSR count). The molecule has 33 heavy (non-hydrogen) atoms. The number of carbonyl (C=O) groups is 1. The number of rotatable bonds is 7. The van der Waals surface area contributed by atoms with Crippen molar-refractivity contribution in [3.05, 3.63) is 66.0 Å². The van der Waals surface area contributed by atoms with Crippen LogP contribution in [0.4, 0.5) is 17.2 Å². The van der Waals surface area contributed by atoms with Gasteiger partial charge in [0.1, 0.15) is 5.03 Å². The van der Waals surface area contributed by atoms with Crippen LogP contribution in [0.5, 0.6) is 0 Å². The predicted molar refractivity (Wildman–Crippen MR) is 140 cm³/mol. The minimum Gasteiger partial charge on any atom is -0.368 e. The zero-order chi connectivity index (χ0) is 23.2. The zero-order valence-corrected chi connectivity index (χ0v) is 20.9. The molecule has 0 radical (unpaired) electrons. The lowest BCUT2D eigenvalue weighted by molar-refractivity contribution is -0.113. The highest BCUT2D eigenvalue weighted by atomic mass is 32.2. The van der Waals surface area contributed by atoms with Crippen LogP contribution in [0.2, 0.25) is 0 Å². The maximum absolute atomic E-state index is 12.5. The Kier molecular flexibility index (Phi) is 7.77. The van der Waals surface area contributed by atoms with Crippen LogP contribution in [0.15, 0.2) is 64.8 Å². The van der Waals surface area contributed by atoms with E-state index in [1.807, 2.05) is 30.5 Å². The number of piperazine rings is 1. The number of benzene rings is 2. The second-order valence-corrected chi connectivity index (χ2v) is 9.86. The number of hydrogen-bond acceptors (Lipinski definition) is 7. The number of carbonyl (C=O) groups excluding carboxylic acids is 1. The Morgan fingerprint density at radius 3 is 2.55 bits per heavy atom. The van der Waals surface area contributed by atoms with E-state index in [-0.39, 0.29) is 11.7 Å². The van der Waals surface area contributed by atoms with Crippen LogP contribution < -0.4 is 15.1 Å². The number of hydrogen-bond donors (Lipinski definition) is 1. The molecule has 1 saturated heterocycles. The number of aromatic nitrogens is 2. The molecule has 0 atom stereocenters. The summed E-state index contributed by atoms with van der Waals surface area (Å²) in [5, 5.41) is 3.78. The average molecular weight is 480 g/mol. The zero-order valence-electron chi connectivity index (χ0n) is 19.2. The van der Waals surface area contributed by atoms with Gasteiger partial charge < -0.3 is 15.1 Å². The number of aryl methyl sites for hydroxylation is 2. The average Bonchev–Trinajstić information content (AvgIpc) is 2.85. The second-order valence-electron chi connectivity index (χ2n) is 8.02. The highest BCUT2D eigenvalue weighted by Crippen LogP contribution is 2.29. The lowest BCUT2D eigenvalue weighted by atomic mass is 10.1. The molecule has 0 aliphatic carbocycles. The topological polar surface area (TPSA) is 61.4 Å². The van der Waals surface area contributed by atoms with Gasteiger partial charge in [0, 0.05) is 54.8 Å².